The van der Waals surface area contributed by atoms with Crippen LogP contribution in [-0.2, 0) is 4.74 Å². The summed E-state index contributed by atoms with van der Waals surface area (Å²) < 4.78 is 5.20. The van der Waals surface area contributed by atoms with Crippen LogP contribution in [0.4, 0.5) is 4.79 Å². The quantitative estimate of drug-likeness (QED) is 0.304. The lowest BCUT2D eigenvalue weighted by atomic mass is 9.85. The first-order valence-corrected chi connectivity index (χ1v) is 6.28. The first kappa shape index (κ1) is 14.6. The van der Waals surface area contributed by atoms with Gasteiger partial charge in [0.05, 0.1) is 0 Å². The third-order valence-corrected chi connectivity index (χ3v) is 2.98. The van der Waals surface area contributed by atoms with Gasteiger partial charge in [-0.1, -0.05) is 5.16 Å². The van der Waals surface area contributed by atoms with Crippen LogP contribution in [0.2, 0.25) is 0 Å². The van der Waals surface area contributed by atoms with E-state index >= 15 is 0 Å². The van der Waals surface area contributed by atoms with Crippen molar-refractivity contribution in [1.82, 2.24) is 5.32 Å². The van der Waals surface area contributed by atoms with Crippen molar-refractivity contribution in [3.63, 3.8) is 0 Å². The van der Waals surface area contributed by atoms with Crippen LogP contribution in [0.3, 0.4) is 0 Å². The fourth-order valence-electron chi connectivity index (χ4n) is 2.09. The molecule has 1 rings (SSSR count). The van der Waals surface area contributed by atoms with Gasteiger partial charge in [0.15, 0.2) is 0 Å². The molecule has 1 fully saturated rings. The zero-order valence-electron chi connectivity index (χ0n) is 11.3. The van der Waals surface area contributed by atoms with Crippen molar-refractivity contribution in [3.05, 3.63) is 0 Å². The molecule has 0 aromatic heterocycles. The van der Waals surface area contributed by atoms with Crippen LogP contribution in [0.25, 0.3) is 0 Å². The van der Waals surface area contributed by atoms with E-state index in [4.69, 9.17) is 15.7 Å². The van der Waals surface area contributed by atoms with E-state index in [0.29, 0.717) is 0 Å². The molecule has 1 aliphatic rings. The molecule has 18 heavy (non-hydrogen) atoms. The summed E-state index contributed by atoms with van der Waals surface area (Å²) in [6.07, 6.45) is 2.89. The molecule has 6 heteroatoms. The van der Waals surface area contributed by atoms with E-state index in [1.54, 1.807) is 0 Å². The Kier molecular flexibility index (Phi) is 4.81. The fraction of sp³-hybridized carbons (Fsp3) is 0.833. The van der Waals surface area contributed by atoms with Crippen LogP contribution < -0.4 is 11.1 Å². The molecule has 6 nitrogen and oxygen atoms in total. The first-order chi connectivity index (χ1) is 8.31. The molecule has 1 saturated carbocycles. The van der Waals surface area contributed by atoms with Crippen molar-refractivity contribution in [3.8, 4) is 0 Å². The molecule has 0 aromatic rings. The Morgan fingerprint density at radius 3 is 2.33 bits per heavy atom. The van der Waals surface area contributed by atoms with Crippen LogP contribution in [-0.4, -0.2) is 28.8 Å². The molecule has 4 N–H and O–H groups in total. The van der Waals surface area contributed by atoms with Crippen molar-refractivity contribution in [1.29, 1.82) is 0 Å². The number of alkyl carbamates (subject to hydrolysis) is 1. The number of nitrogens with zero attached hydrogens (tertiary/aromatic N) is 1. The minimum atomic E-state index is -0.477. The summed E-state index contributed by atoms with van der Waals surface area (Å²) in [6, 6.07) is 0.114. The minimum Gasteiger partial charge on any atom is -0.444 e. The van der Waals surface area contributed by atoms with E-state index in [0.717, 1.165) is 25.7 Å². The predicted octanol–water partition coefficient (Wildman–Crippen LogP) is 1.82. The van der Waals surface area contributed by atoms with Gasteiger partial charge in [0.1, 0.15) is 11.4 Å². The number of amides is 1. The summed E-state index contributed by atoms with van der Waals surface area (Å²) in [6.45, 7) is 5.51. The van der Waals surface area contributed by atoms with Gasteiger partial charge in [0, 0.05) is 12.0 Å². The monoisotopic (exact) mass is 257 g/mol. The van der Waals surface area contributed by atoms with Crippen LogP contribution in [0.1, 0.15) is 46.5 Å². The molecule has 0 spiro atoms. The molecule has 0 aromatic carbocycles. The van der Waals surface area contributed by atoms with Crippen LogP contribution in [0.15, 0.2) is 5.16 Å². The molecule has 104 valence electrons. The lowest BCUT2D eigenvalue weighted by Crippen LogP contribution is -2.42. The summed E-state index contributed by atoms with van der Waals surface area (Å²) >= 11 is 0. The van der Waals surface area contributed by atoms with Gasteiger partial charge in [-0.2, -0.15) is 0 Å². The number of oxime groups is 1. The van der Waals surface area contributed by atoms with Crippen LogP contribution in [0.5, 0.6) is 0 Å². The van der Waals surface area contributed by atoms with E-state index in [1.807, 2.05) is 20.8 Å². The van der Waals surface area contributed by atoms with Gasteiger partial charge in [-0.15, -0.1) is 0 Å². The predicted molar refractivity (Wildman–Crippen MR) is 68.5 cm³/mol. The molecule has 0 unspecified atom stereocenters. The Balaban J connectivity index is 2.34. The topological polar surface area (TPSA) is 96.9 Å². The van der Waals surface area contributed by atoms with Crippen LogP contribution in [0, 0.1) is 5.92 Å². The van der Waals surface area contributed by atoms with Crippen molar-refractivity contribution in [2.75, 3.05) is 0 Å². The van der Waals surface area contributed by atoms with Crippen molar-refractivity contribution < 1.29 is 14.7 Å². The molecule has 1 aliphatic carbocycles. The maximum atomic E-state index is 11.6. The zero-order valence-corrected chi connectivity index (χ0v) is 11.3. The summed E-state index contributed by atoms with van der Waals surface area (Å²) in [5.41, 5.74) is 5.09. The highest BCUT2D eigenvalue weighted by Crippen LogP contribution is 2.24. The van der Waals surface area contributed by atoms with Gasteiger partial charge in [0.2, 0.25) is 0 Å². The number of amidine groups is 1. The minimum absolute atomic E-state index is 0.114. The van der Waals surface area contributed by atoms with E-state index in [-0.39, 0.29) is 23.9 Å². The Labute approximate surface area is 108 Å². The zero-order chi connectivity index (χ0) is 13.8. The van der Waals surface area contributed by atoms with Crippen LogP contribution >= 0.6 is 0 Å². The highest BCUT2D eigenvalue weighted by Gasteiger charge is 2.26. The second kappa shape index (κ2) is 5.93. The molecule has 0 bridgehead atoms. The summed E-state index contributed by atoms with van der Waals surface area (Å²) in [5.74, 6) is 0.400. The van der Waals surface area contributed by atoms with Crippen molar-refractivity contribution in [2.24, 2.45) is 16.8 Å². The van der Waals surface area contributed by atoms with Crippen molar-refractivity contribution in [2.45, 2.75) is 58.1 Å². The molecule has 0 aliphatic heterocycles. The molecular formula is C12H23N3O3. The molecule has 0 atom stereocenters. The Hall–Kier alpha value is -1.46. The summed E-state index contributed by atoms with van der Waals surface area (Å²) in [7, 11) is 0. The Morgan fingerprint density at radius 1 is 1.33 bits per heavy atom. The SMILES string of the molecule is CC(C)(C)OC(=O)NC1CCC(/C(N)=N\O)CC1. The fourth-order valence-corrected chi connectivity index (χ4v) is 2.09. The van der Waals surface area contributed by atoms with Gasteiger partial charge >= 0.3 is 6.09 Å². The van der Waals surface area contributed by atoms with E-state index in [9.17, 15) is 4.79 Å². The number of carbonyl (C=O) groups excluding carboxylic acids is 1. The Bertz CT molecular complexity index is 315. The van der Waals surface area contributed by atoms with E-state index in [2.05, 4.69) is 10.5 Å². The second-order valence-corrected chi connectivity index (χ2v) is 5.72. The number of carbonyl (C=O) groups is 1. The smallest absolute Gasteiger partial charge is 0.407 e. The maximum Gasteiger partial charge on any atom is 0.407 e. The largest absolute Gasteiger partial charge is 0.444 e. The second-order valence-electron chi connectivity index (χ2n) is 5.72. The highest BCUT2D eigenvalue weighted by molar-refractivity contribution is 5.82. The molecule has 0 radical (unpaired) electrons. The standard InChI is InChI=1S/C12H23N3O3/c1-12(2,3)18-11(16)14-9-6-4-8(5-7-9)10(13)15-17/h8-9,17H,4-7H2,1-3H3,(H2,13,15)(H,14,16). The van der Waals surface area contributed by atoms with Gasteiger partial charge < -0.3 is 21.0 Å². The summed E-state index contributed by atoms with van der Waals surface area (Å²) in [5, 5.41) is 14.5. The number of hydrogen-bond donors (Lipinski definition) is 3. The van der Waals surface area contributed by atoms with Gasteiger partial charge in [-0.3, -0.25) is 0 Å². The lowest BCUT2D eigenvalue weighted by Gasteiger charge is -2.29. The molecule has 1 amide bonds. The normalized spacial score (nSPS) is 25.6. The average Bonchev–Trinajstić information content (AvgIpc) is 2.26. The number of rotatable bonds is 2. The average molecular weight is 257 g/mol. The number of nitrogens with one attached hydrogen (secondary N) is 1. The third-order valence-electron chi connectivity index (χ3n) is 2.98. The van der Waals surface area contributed by atoms with Crippen molar-refractivity contribution >= 4 is 11.9 Å². The van der Waals surface area contributed by atoms with Gasteiger partial charge in [-0.25, -0.2) is 4.79 Å². The summed E-state index contributed by atoms with van der Waals surface area (Å²) in [4.78, 5) is 11.6. The maximum absolute atomic E-state index is 11.6. The molecular weight excluding hydrogens is 234 g/mol. The number of hydrogen-bond acceptors (Lipinski definition) is 4. The highest BCUT2D eigenvalue weighted by atomic mass is 16.6. The number of ether oxygens (including phenoxy) is 1. The number of nitrogens with two attached hydrogens (primary N) is 1. The first-order valence-electron chi connectivity index (χ1n) is 6.28. The van der Waals surface area contributed by atoms with Gasteiger partial charge in [-0.05, 0) is 46.5 Å². The molecule has 0 saturated heterocycles. The lowest BCUT2D eigenvalue weighted by molar-refractivity contribution is 0.0490. The third kappa shape index (κ3) is 4.81. The Morgan fingerprint density at radius 2 is 1.89 bits per heavy atom. The van der Waals surface area contributed by atoms with E-state index in [1.165, 1.54) is 0 Å². The van der Waals surface area contributed by atoms with Gasteiger partial charge in [0.25, 0.3) is 0 Å². The van der Waals surface area contributed by atoms with E-state index < -0.39 is 5.60 Å². The molecule has 0 heterocycles.